The highest BCUT2D eigenvalue weighted by Crippen LogP contribution is 2.34. The Kier molecular flexibility index (Phi) is 9.15. The van der Waals surface area contributed by atoms with E-state index in [1.165, 1.54) is 0 Å². The van der Waals surface area contributed by atoms with Crippen LogP contribution in [0, 0.1) is 0 Å². The Morgan fingerprint density at radius 2 is 0.354 bits per heavy atom. The van der Waals surface area contributed by atoms with Gasteiger partial charge in [0.25, 0.3) is 0 Å². The molecule has 234 valence electrons. The lowest BCUT2D eigenvalue weighted by Crippen LogP contribution is -1.90. The summed E-state index contributed by atoms with van der Waals surface area (Å²) in [5, 5.41) is 0. The molecule has 48 heavy (non-hydrogen) atoms. The van der Waals surface area contributed by atoms with Gasteiger partial charge in [0, 0.05) is 18.2 Å². The van der Waals surface area contributed by atoms with Crippen molar-refractivity contribution in [2.24, 2.45) is 0 Å². The van der Waals surface area contributed by atoms with Crippen molar-refractivity contribution in [2.45, 2.75) is 0 Å². The van der Waals surface area contributed by atoms with Crippen LogP contribution in [0.15, 0.2) is 182 Å². The first-order valence-electron chi connectivity index (χ1n) is 15.4. The molecule has 0 saturated heterocycles. The molecular formula is C42H30O6. The van der Waals surface area contributed by atoms with Gasteiger partial charge in [-0.25, -0.2) is 0 Å². The maximum atomic E-state index is 6.16. The number of benzene rings is 7. The van der Waals surface area contributed by atoms with Gasteiger partial charge in [-0.05, 0) is 109 Å². The van der Waals surface area contributed by atoms with Crippen LogP contribution in [0.2, 0.25) is 0 Å². The Bertz CT molecular complexity index is 1910. The number of hydrogen-bond acceptors (Lipinski definition) is 6. The fourth-order valence-corrected chi connectivity index (χ4v) is 4.75. The minimum Gasteiger partial charge on any atom is -0.457 e. The van der Waals surface area contributed by atoms with Gasteiger partial charge >= 0.3 is 0 Å². The summed E-state index contributed by atoms with van der Waals surface area (Å²) in [6, 6.07) is 56.6. The first kappa shape index (κ1) is 30.0. The Balaban J connectivity index is 0.950. The van der Waals surface area contributed by atoms with E-state index in [9.17, 15) is 0 Å². The lowest BCUT2D eigenvalue weighted by molar-refractivity contribution is 0.446. The second-order valence-electron chi connectivity index (χ2n) is 10.6. The Morgan fingerprint density at radius 3 is 0.625 bits per heavy atom. The summed E-state index contributed by atoms with van der Waals surface area (Å²) in [4.78, 5) is 0. The zero-order valence-electron chi connectivity index (χ0n) is 25.8. The van der Waals surface area contributed by atoms with Gasteiger partial charge in [-0.1, -0.05) is 54.6 Å². The molecule has 0 bridgehead atoms. The van der Waals surface area contributed by atoms with Crippen molar-refractivity contribution < 1.29 is 28.4 Å². The van der Waals surface area contributed by atoms with E-state index in [1.54, 1.807) is 0 Å². The van der Waals surface area contributed by atoms with E-state index in [0.29, 0.717) is 46.0 Å². The zero-order valence-corrected chi connectivity index (χ0v) is 25.8. The topological polar surface area (TPSA) is 55.4 Å². The van der Waals surface area contributed by atoms with Crippen molar-refractivity contribution in [1.82, 2.24) is 0 Å². The summed E-state index contributed by atoms with van der Waals surface area (Å²) in [6.45, 7) is 0. The summed E-state index contributed by atoms with van der Waals surface area (Å²) in [6.07, 6.45) is 0. The van der Waals surface area contributed by atoms with Gasteiger partial charge in [-0.3, -0.25) is 0 Å². The summed E-state index contributed by atoms with van der Waals surface area (Å²) < 4.78 is 36.2. The second-order valence-corrected chi connectivity index (χ2v) is 10.6. The lowest BCUT2D eigenvalue weighted by Gasteiger charge is -2.12. The van der Waals surface area contributed by atoms with E-state index < -0.39 is 0 Å². The third-order valence-electron chi connectivity index (χ3n) is 6.96. The molecule has 6 nitrogen and oxygen atoms in total. The maximum absolute atomic E-state index is 6.16. The highest BCUT2D eigenvalue weighted by molar-refractivity contribution is 5.45. The molecule has 0 aliphatic rings. The zero-order chi connectivity index (χ0) is 32.4. The van der Waals surface area contributed by atoms with Crippen LogP contribution in [-0.2, 0) is 0 Å². The minimum atomic E-state index is 0.622. The highest BCUT2D eigenvalue weighted by Gasteiger charge is 2.07. The standard InChI is InChI=1S/C42H30O6/c1-3-10-31(11-4-1)43-33-20-24-35(25-21-33)45-37-14-7-16-39(28-37)47-41-18-9-19-42(30-41)48-40-17-8-15-38(29-40)46-36-26-22-34(23-27-36)44-32-12-5-2-6-13-32/h1-30H. The average Bonchev–Trinajstić information content (AvgIpc) is 3.11. The van der Waals surface area contributed by atoms with Crippen LogP contribution in [0.4, 0.5) is 0 Å². The van der Waals surface area contributed by atoms with E-state index in [1.807, 2.05) is 182 Å². The summed E-state index contributed by atoms with van der Waals surface area (Å²) in [7, 11) is 0. The molecule has 0 aromatic heterocycles. The average molecular weight is 631 g/mol. The lowest BCUT2D eigenvalue weighted by atomic mass is 10.3. The molecular weight excluding hydrogens is 600 g/mol. The van der Waals surface area contributed by atoms with Crippen LogP contribution in [0.25, 0.3) is 0 Å². The molecule has 0 aliphatic heterocycles. The Hall–Kier alpha value is -6.66. The molecule has 7 aromatic rings. The Morgan fingerprint density at radius 1 is 0.167 bits per heavy atom. The van der Waals surface area contributed by atoms with E-state index in [-0.39, 0.29) is 0 Å². The minimum absolute atomic E-state index is 0.622. The quantitative estimate of drug-likeness (QED) is 0.134. The van der Waals surface area contributed by atoms with Crippen LogP contribution in [-0.4, -0.2) is 0 Å². The number of ether oxygens (including phenoxy) is 6. The third-order valence-corrected chi connectivity index (χ3v) is 6.96. The Labute approximate surface area is 278 Å². The van der Waals surface area contributed by atoms with Crippen LogP contribution in [0.5, 0.6) is 69.0 Å². The van der Waals surface area contributed by atoms with Crippen molar-refractivity contribution in [2.75, 3.05) is 0 Å². The largest absolute Gasteiger partial charge is 0.457 e. The van der Waals surface area contributed by atoms with Crippen molar-refractivity contribution >= 4 is 0 Å². The van der Waals surface area contributed by atoms with Gasteiger partial charge in [0.2, 0.25) is 0 Å². The molecule has 0 heterocycles. The first-order valence-corrected chi connectivity index (χ1v) is 15.4. The van der Waals surface area contributed by atoms with Crippen molar-refractivity contribution in [3.63, 3.8) is 0 Å². The summed E-state index contributed by atoms with van der Waals surface area (Å²) in [5.41, 5.74) is 0. The number of para-hydroxylation sites is 2. The predicted octanol–water partition coefficient (Wildman–Crippen LogP) is 12.4. The fourth-order valence-electron chi connectivity index (χ4n) is 4.75. The molecule has 6 heteroatoms. The van der Waals surface area contributed by atoms with Crippen LogP contribution < -0.4 is 28.4 Å². The van der Waals surface area contributed by atoms with Gasteiger partial charge in [0.15, 0.2) is 0 Å². The molecule has 7 aromatic carbocycles. The van der Waals surface area contributed by atoms with Gasteiger partial charge in [0.1, 0.15) is 69.0 Å². The van der Waals surface area contributed by atoms with E-state index >= 15 is 0 Å². The summed E-state index contributed by atoms with van der Waals surface area (Å²) >= 11 is 0. The van der Waals surface area contributed by atoms with E-state index in [0.717, 1.165) is 23.0 Å². The SMILES string of the molecule is c1ccc(Oc2ccc(Oc3cccc(Oc4cccc(Oc5cccc(Oc6ccc(Oc7ccccc7)cc6)c5)c4)c3)cc2)cc1. The molecule has 0 atom stereocenters. The van der Waals surface area contributed by atoms with Gasteiger partial charge in [-0.15, -0.1) is 0 Å². The molecule has 0 amide bonds. The maximum Gasteiger partial charge on any atom is 0.131 e. The number of rotatable bonds is 12. The van der Waals surface area contributed by atoms with E-state index in [4.69, 9.17) is 28.4 Å². The summed E-state index contributed by atoms with van der Waals surface area (Å²) in [5.74, 6) is 8.17. The van der Waals surface area contributed by atoms with Gasteiger partial charge in [0.05, 0.1) is 0 Å². The van der Waals surface area contributed by atoms with Crippen LogP contribution >= 0.6 is 0 Å². The first-order chi connectivity index (χ1) is 23.7. The highest BCUT2D eigenvalue weighted by atomic mass is 16.5. The van der Waals surface area contributed by atoms with Crippen LogP contribution in [0.3, 0.4) is 0 Å². The molecule has 0 unspecified atom stereocenters. The predicted molar refractivity (Wildman–Crippen MR) is 186 cm³/mol. The van der Waals surface area contributed by atoms with Gasteiger partial charge in [-0.2, -0.15) is 0 Å². The molecule has 7 rings (SSSR count). The van der Waals surface area contributed by atoms with Crippen molar-refractivity contribution in [3.05, 3.63) is 182 Å². The molecule has 0 radical (unpaired) electrons. The molecule has 0 saturated carbocycles. The fraction of sp³-hybridized carbons (Fsp3) is 0. The second kappa shape index (κ2) is 14.6. The smallest absolute Gasteiger partial charge is 0.131 e. The number of hydrogen-bond donors (Lipinski definition) is 0. The molecule has 0 fully saturated rings. The van der Waals surface area contributed by atoms with Crippen molar-refractivity contribution in [1.29, 1.82) is 0 Å². The van der Waals surface area contributed by atoms with Crippen molar-refractivity contribution in [3.8, 4) is 69.0 Å². The van der Waals surface area contributed by atoms with E-state index in [2.05, 4.69) is 0 Å². The normalized spacial score (nSPS) is 10.5. The molecule has 0 aliphatic carbocycles. The van der Waals surface area contributed by atoms with Crippen LogP contribution in [0.1, 0.15) is 0 Å². The van der Waals surface area contributed by atoms with Gasteiger partial charge < -0.3 is 28.4 Å². The molecule has 0 N–H and O–H groups in total. The molecule has 0 spiro atoms. The third kappa shape index (κ3) is 8.33. The monoisotopic (exact) mass is 630 g/mol.